The second-order valence-electron chi connectivity index (χ2n) is 17.2. The van der Waals surface area contributed by atoms with Gasteiger partial charge in [0.1, 0.15) is 12.7 Å². The molecule has 0 amide bonds. The zero-order chi connectivity index (χ0) is 35.0. The zero-order valence-electron chi connectivity index (χ0n) is 32.8. The van der Waals surface area contributed by atoms with Crippen LogP contribution in [0.2, 0.25) is 0 Å². The van der Waals surface area contributed by atoms with Crippen molar-refractivity contribution in [1.82, 2.24) is 0 Å². The largest absolute Gasteiger partial charge is 0.463 e. The third kappa shape index (κ3) is 31.9. The molecule has 0 aromatic carbocycles. The Kier molecular flexibility index (Phi) is 24.9. The number of unbranched alkanes of at least 4 members (excludes halogenated alkanes) is 12. The fourth-order valence-electron chi connectivity index (χ4n) is 5.12. The molecule has 0 radical (unpaired) electrons. The molecular weight excluding hydrogens is 576 g/mol. The minimum absolute atomic E-state index is 0.0181. The van der Waals surface area contributed by atoms with Crippen molar-refractivity contribution in [3.63, 3.8) is 0 Å². The Morgan fingerprint density at radius 2 is 0.978 bits per heavy atom. The molecule has 0 aromatic rings. The molecule has 46 heavy (non-hydrogen) atoms. The average Bonchev–Trinajstić information content (AvgIpc) is 2.92. The lowest BCUT2D eigenvalue weighted by molar-refractivity contribution is -0.151. The molecule has 0 N–H and O–H groups in total. The zero-order valence-corrected chi connectivity index (χ0v) is 32.8. The summed E-state index contributed by atoms with van der Waals surface area (Å²) in [6.07, 6.45) is 19.8. The van der Waals surface area contributed by atoms with Crippen LogP contribution in [0.5, 0.6) is 0 Å². The number of esters is 1. The van der Waals surface area contributed by atoms with Crippen LogP contribution in [0.1, 0.15) is 185 Å². The molecule has 0 bridgehead atoms. The van der Waals surface area contributed by atoms with Crippen LogP contribution >= 0.6 is 0 Å². The van der Waals surface area contributed by atoms with Gasteiger partial charge in [-0.05, 0) is 78.1 Å². The molecule has 1 atom stereocenters. The third-order valence-electron chi connectivity index (χ3n) is 8.47. The standard InChI is InChI=1S/C40H80O6/c1-12-13-14-15-16-17-18-19-20-21-22-23-24-25-36(41)44-33-35(32-42-34-40(10,11)28-31-46-38(5,6)7)43-29-26-39(8,9)27-30-45-37(2,3)4/h35H,12-34H2,1-11H3. The fraction of sp³-hybridized carbons (Fsp3) is 0.975. The van der Waals surface area contributed by atoms with Crippen LogP contribution < -0.4 is 0 Å². The van der Waals surface area contributed by atoms with Crippen molar-refractivity contribution < 1.29 is 28.5 Å². The second kappa shape index (κ2) is 25.3. The molecule has 276 valence electrons. The van der Waals surface area contributed by atoms with Gasteiger partial charge in [-0.15, -0.1) is 0 Å². The highest BCUT2D eigenvalue weighted by Crippen LogP contribution is 2.27. The second-order valence-corrected chi connectivity index (χ2v) is 17.2. The molecule has 6 nitrogen and oxygen atoms in total. The lowest BCUT2D eigenvalue weighted by atomic mass is 9.86. The highest BCUT2D eigenvalue weighted by atomic mass is 16.6. The minimum atomic E-state index is -0.279. The van der Waals surface area contributed by atoms with Crippen LogP contribution in [-0.4, -0.2) is 62.9 Å². The van der Waals surface area contributed by atoms with Gasteiger partial charge in [0.2, 0.25) is 0 Å². The van der Waals surface area contributed by atoms with Gasteiger partial charge in [-0.2, -0.15) is 0 Å². The van der Waals surface area contributed by atoms with Gasteiger partial charge in [0, 0.05) is 26.2 Å². The Labute approximate surface area is 287 Å². The molecule has 6 heteroatoms. The van der Waals surface area contributed by atoms with Gasteiger partial charge in [0.05, 0.1) is 24.4 Å². The van der Waals surface area contributed by atoms with E-state index in [9.17, 15) is 4.79 Å². The highest BCUT2D eigenvalue weighted by molar-refractivity contribution is 5.69. The van der Waals surface area contributed by atoms with E-state index in [1.807, 2.05) is 0 Å². The number of carbonyl (C=O) groups is 1. The lowest BCUT2D eigenvalue weighted by Crippen LogP contribution is -2.32. The quantitative estimate of drug-likeness (QED) is 0.0566. The lowest BCUT2D eigenvalue weighted by Gasteiger charge is -2.29. The van der Waals surface area contributed by atoms with Gasteiger partial charge in [0.25, 0.3) is 0 Å². The molecule has 0 spiro atoms. The van der Waals surface area contributed by atoms with E-state index in [1.165, 1.54) is 70.6 Å². The molecule has 0 saturated heterocycles. The van der Waals surface area contributed by atoms with Gasteiger partial charge in [-0.25, -0.2) is 0 Å². The number of ether oxygens (including phenoxy) is 5. The summed E-state index contributed by atoms with van der Waals surface area (Å²) in [5, 5.41) is 0. The van der Waals surface area contributed by atoms with Gasteiger partial charge in [0.15, 0.2) is 0 Å². The van der Waals surface area contributed by atoms with Crippen molar-refractivity contribution in [2.75, 3.05) is 39.6 Å². The molecule has 0 aliphatic rings. The minimum Gasteiger partial charge on any atom is -0.463 e. The Balaban J connectivity index is 4.49. The molecular formula is C40H80O6. The van der Waals surface area contributed by atoms with Crippen LogP contribution in [0.25, 0.3) is 0 Å². The van der Waals surface area contributed by atoms with E-state index in [4.69, 9.17) is 23.7 Å². The summed E-state index contributed by atoms with van der Waals surface area (Å²) in [7, 11) is 0. The average molecular weight is 657 g/mol. The van der Waals surface area contributed by atoms with E-state index >= 15 is 0 Å². The number of hydrogen-bond acceptors (Lipinski definition) is 6. The SMILES string of the molecule is CCCCCCCCCCCCCCCC(=O)OCC(COCC(C)(C)CCOC(C)(C)C)OCCC(C)(C)CCOC(C)(C)C. The normalized spacial score (nSPS) is 13.7. The predicted octanol–water partition coefficient (Wildman–Crippen LogP) is 11.3. The fourth-order valence-corrected chi connectivity index (χ4v) is 5.12. The topological polar surface area (TPSA) is 63.2 Å². The van der Waals surface area contributed by atoms with Crippen LogP contribution in [-0.2, 0) is 28.5 Å². The van der Waals surface area contributed by atoms with Gasteiger partial charge >= 0.3 is 5.97 Å². The summed E-state index contributed by atoms with van der Waals surface area (Å²) < 4.78 is 30.0. The van der Waals surface area contributed by atoms with E-state index < -0.39 is 0 Å². The van der Waals surface area contributed by atoms with Crippen molar-refractivity contribution in [1.29, 1.82) is 0 Å². The maximum Gasteiger partial charge on any atom is 0.305 e. The summed E-state index contributed by atoms with van der Waals surface area (Å²) >= 11 is 0. The van der Waals surface area contributed by atoms with Crippen LogP contribution in [0, 0.1) is 10.8 Å². The number of hydrogen-bond donors (Lipinski definition) is 0. The molecule has 1 unspecified atom stereocenters. The first-order chi connectivity index (χ1) is 21.4. The van der Waals surface area contributed by atoms with Crippen LogP contribution in [0.4, 0.5) is 0 Å². The predicted molar refractivity (Wildman–Crippen MR) is 195 cm³/mol. The van der Waals surface area contributed by atoms with Crippen LogP contribution in [0.3, 0.4) is 0 Å². The van der Waals surface area contributed by atoms with Gasteiger partial charge in [-0.3, -0.25) is 4.79 Å². The molecule has 0 aliphatic carbocycles. The van der Waals surface area contributed by atoms with Gasteiger partial charge < -0.3 is 23.7 Å². The smallest absolute Gasteiger partial charge is 0.305 e. The molecule has 0 rings (SSSR count). The summed E-state index contributed by atoms with van der Waals surface area (Å²) in [6, 6.07) is 0. The van der Waals surface area contributed by atoms with E-state index in [2.05, 4.69) is 76.2 Å². The Morgan fingerprint density at radius 3 is 1.46 bits per heavy atom. The van der Waals surface area contributed by atoms with Crippen molar-refractivity contribution in [2.24, 2.45) is 10.8 Å². The summed E-state index contributed by atoms with van der Waals surface area (Å²) in [4.78, 5) is 12.6. The van der Waals surface area contributed by atoms with Crippen LogP contribution in [0.15, 0.2) is 0 Å². The monoisotopic (exact) mass is 657 g/mol. The van der Waals surface area contributed by atoms with E-state index in [0.29, 0.717) is 32.8 Å². The first-order valence-electron chi connectivity index (χ1n) is 19.1. The molecule has 0 saturated carbocycles. The van der Waals surface area contributed by atoms with E-state index in [-0.39, 0.29) is 40.7 Å². The van der Waals surface area contributed by atoms with Crippen molar-refractivity contribution >= 4 is 5.97 Å². The summed E-state index contributed by atoms with van der Waals surface area (Å²) in [6.45, 7) is 27.0. The molecule has 0 heterocycles. The van der Waals surface area contributed by atoms with E-state index in [0.717, 1.165) is 38.7 Å². The maximum atomic E-state index is 12.6. The number of carbonyl (C=O) groups excluding carboxylic acids is 1. The highest BCUT2D eigenvalue weighted by Gasteiger charge is 2.24. The summed E-state index contributed by atoms with van der Waals surface area (Å²) in [5.74, 6) is -0.129. The Hall–Kier alpha value is -0.690. The molecule has 0 fully saturated rings. The van der Waals surface area contributed by atoms with E-state index in [1.54, 1.807) is 0 Å². The van der Waals surface area contributed by atoms with Crippen molar-refractivity contribution in [3.8, 4) is 0 Å². The third-order valence-corrected chi connectivity index (χ3v) is 8.47. The Bertz CT molecular complexity index is 680. The number of rotatable bonds is 30. The molecule has 0 aliphatic heterocycles. The van der Waals surface area contributed by atoms with Gasteiger partial charge in [-0.1, -0.05) is 112 Å². The summed E-state index contributed by atoms with van der Waals surface area (Å²) in [5.41, 5.74) is -0.190. The first-order valence-corrected chi connectivity index (χ1v) is 19.1. The maximum absolute atomic E-state index is 12.6. The molecule has 0 aromatic heterocycles. The van der Waals surface area contributed by atoms with Crippen molar-refractivity contribution in [3.05, 3.63) is 0 Å². The first kappa shape index (κ1) is 45.3. The van der Waals surface area contributed by atoms with Crippen molar-refractivity contribution in [2.45, 2.75) is 203 Å². The Morgan fingerprint density at radius 1 is 0.543 bits per heavy atom.